The van der Waals surface area contributed by atoms with Crippen LogP contribution in [0.4, 0.5) is 5.69 Å². The molecule has 0 radical (unpaired) electrons. The molecular formula is C31H23N3O7. The number of aromatic nitrogens is 2. The smallest absolute Gasteiger partial charge is 0.339 e. The number of nitrogens with one attached hydrogen (secondary N) is 1. The first-order chi connectivity index (χ1) is 19.8. The minimum Gasteiger partial charge on any atom is -0.481 e. The Labute approximate surface area is 232 Å². The van der Waals surface area contributed by atoms with Crippen LogP contribution in [0.25, 0.3) is 38.1 Å². The van der Waals surface area contributed by atoms with Crippen LogP contribution in [-0.2, 0) is 14.3 Å². The number of fused-ring (bicyclic) bond motifs is 5. The summed E-state index contributed by atoms with van der Waals surface area (Å²) in [6.07, 6.45) is 0.714. The van der Waals surface area contributed by atoms with E-state index in [9.17, 15) is 19.2 Å². The number of carbonyl (C=O) groups excluding carboxylic acids is 3. The monoisotopic (exact) mass is 549 g/mol. The molecule has 0 aliphatic rings. The Kier molecular flexibility index (Phi) is 6.22. The topological polar surface area (TPSA) is 125 Å². The van der Waals surface area contributed by atoms with E-state index in [0.29, 0.717) is 16.7 Å². The van der Waals surface area contributed by atoms with Gasteiger partial charge in [0.1, 0.15) is 5.75 Å². The van der Waals surface area contributed by atoms with E-state index in [1.165, 1.54) is 32.4 Å². The number of methoxy groups -OCH3 is 2. The lowest BCUT2D eigenvalue weighted by molar-refractivity contribution is -0.122. The molecule has 41 heavy (non-hydrogen) atoms. The number of hydrogen-bond acceptors (Lipinski definition) is 8. The van der Waals surface area contributed by atoms with Crippen LogP contribution >= 0.6 is 0 Å². The zero-order chi connectivity index (χ0) is 28.8. The molecule has 1 atom stereocenters. The van der Waals surface area contributed by atoms with Crippen molar-refractivity contribution in [3.8, 4) is 5.75 Å². The molecule has 0 aliphatic heterocycles. The average molecular weight is 550 g/mol. The number of ether oxygens (including phenoxy) is 3. The summed E-state index contributed by atoms with van der Waals surface area (Å²) in [6.45, 7) is 1.56. The number of amides is 1. The normalized spacial score (nSPS) is 12.1. The number of hydrogen-bond donors (Lipinski definition) is 1. The Balaban J connectivity index is 1.35. The van der Waals surface area contributed by atoms with Crippen molar-refractivity contribution in [2.24, 2.45) is 0 Å². The van der Waals surface area contributed by atoms with Crippen LogP contribution in [-0.4, -0.2) is 47.6 Å². The number of benzene rings is 3. The van der Waals surface area contributed by atoms with Gasteiger partial charge in [-0.15, -0.1) is 0 Å². The Morgan fingerprint density at radius 3 is 2.37 bits per heavy atom. The first kappa shape index (κ1) is 25.8. The van der Waals surface area contributed by atoms with Crippen LogP contribution in [0, 0.1) is 0 Å². The van der Waals surface area contributed by atoms with E-state index in [-0.39, 0.29) is 22.4 Å². The fourth-order valence-electron chi connectivity index (χ4n) is 5.09. The molecule has 0 bridgehead atoms. The van der Waals surface area contributed by atoms with Crippen molar-refractivity contribution in [2.45, 2.75) is 13.0 Å². The van der Waals surface area contributed by atoms with Crippen molar-refractivity contribution in [3.05, 3.63) is 94.4 Å². The second kappa shape index (κ2) is 9.91. The zero-order valence-corrected chi connectivity index (χ0v) is 22.3. The summed E-state index contributed by atoms with van der Waals surface area (Å²) < 4.78 is 17.2. The van der Waals surface area contributed by atoms with Crippen LogP contribution < -0.4 is 15.6 Å². The largest absolute Gasteiger partial charge is 0.481 e. The third kappa shape index (κ3) is 4.17. The third-order valence-electron chi connectivity index (χ3n) is 7.05. The first-order valence-electron chi connectivity index (χ1n) is 12.7. The summed E-state index contributed by atoms with van der Waals surface area (Å²) >= 11 is 0. The number of pyridine rings is 2. The molecular weight excluding hydrogens is 526 g/mol. The van der Waals surface area contributed by atoms with E-state index in [2.05, 4.69) is 10.3 Å². The third-order valence-corrected chi connectivity index (χ3v) is 7.05. The molecule has 3 heterocycles. The quantitative estimate of drug-likeness (QED) is 0.237. The number of nitrogens with zero attached hydrogens (tertiary/aromatic N) is 2. The highest BCUT2D eigenvalue weighted by Gasteiger charge is 2.22. The summed E-state index contributed by atoms with van der Waals surface area (Å²) in [5.41, 5.74) is 2.29. The van der Waals surface area contributed by atoms with E-state index < -0.39 is 23.9 Å². The average Bonchev–Trinajstić information content (AvgIpc) is 3.33. The van der Waals surface area contributed by atoms with Crippen LogP contribution in [0.3, 0.4) is 0 Å². The van der Waals surface area contributed by atoms with E-state index in [0.717, 1.165) is 27.2 Å². The van der Waals surface area contributed by atoms with E-state index in [4.69, 9.17) is 14.2 Å². The van der Waals surface area contributed by atoms with Crippen molar-refractivity contribution in [2.75, 3.05) is 19.5 Å². The molecule has 0 unspecified atom stereocenters. The Bertz CT molecular complexity index is 2080. The minimum absolute atomic E-state index is 0.0653. The van der Waals surface area contributed by atoms with Crippen molar-refractivity contribution in [3.63, 3.8) is 0 Å². The lowest BCUT2D eigenvalue weighted by atomic mass is 10.1. The first-order valence-corrected chi connectivity index (χ1v) is 12.7. The van der Waals surface area contributed by atoms with E-state index in [1.807, 2.05) is 24.3 Å². The molecule has 0 fully saturated rings. The van der Waals surface area contributed by atoms with Gasteiger partial charge in [0.2, 0.25) is 0 Å². The molecule has 3 aromatic heterocycles. The second-order valence-electron chi connectivity index (χ2n) is 9.41. The lowest BCUT2D eigenvalue weighted by Gasteiger charge is -2.17. The number of esters is 2. The Morgan fingerprint density at radius 1 is 0.854 bits per heavy atom. The molecule has 204 valence electrons. The number of anilines is 1. The summed E-state index contributed by atoms with van der Waals surface area (Å²) in [5.74, 6) is -1.47. The molecule has 0 aliphatic carbocycles. The molecule has 1 amide bonds. The SMILES string of the molecule is COC(=O)c1ccc(C(=O)OC)c(NC(=O)[C@H](C)Oc2ccc3c(c2)c2ccnc4c5ccccc5c(=O)n3c24)c1. The van der Waals surface area contributed by atoms with Crippen LogP contribution in [0.1, 0.15) is 27.6 Å². The van der Waals surface area contributed by atoms with Crippen molar-refractivity contribution < 1.29 is 28.6 Å². The van der Waals surface area contributed by atoms with Gasteiger partial charge >= 0.3 is 11.9 Å². The summed E-state index contributed by atoms with van der Waals surface area (Å²) in [4.78, 5) is 55.4. The van der Waals surface area contributed by atoms with Gasteiger partial charge in [0.25, 0.3) is 11.5 Å². The predicted octanol–water partition coefficient (Wildman–Crippen LogP) is 4.57. The minimum atomic E-state index is -0.994. The second-order valence-corrected chi connectivity index (χ2v) is 9.41. The van der Waals surface area contributed by atoms with Gasteiger partial charge in [-0.2, -0.15) is 0 Å². The number of rotatable bonds is 6. The van der Waals surface area contributed by atoms with Crippen LogP contribution in [0.5, 0.6) is 5.75 Å². The maximum atomic E-state index is 13.5. The molecule has 0 spiro atoms. The molecule has 10 heteroatoms. The van der Waals surface area contributed by atoms with Gasteiger partial charge in [-0.25, -0.2) is 9.59 Å². The van der Waals surface area contributed by atoms with Crippen molar-refractivity contribution in [1.29, 1.82) is 0 Å². The van der Waals surface area contributed by atoms with Gasteiger partial charge in [0.15, 0.2) is 6.10 Å². The van der Waals surface area contributed by atoms with Gasteiger partial charge in [0.05, 0.1) is 47.6 Å². The van der Waals surface area contributed by atoms with Crippen LogP contribution in [0.2, 0.25) is 0 Å². The maximum Gasteiger partial charge on any atom is 0.339 e. The standard InChI is InChI=1S/C31H23N3O7/c1-16(28(35)33-24-14-17(30(37)39-2)8-10-22(24)31(38)40-3)41-18-9-11-25-23(15-18)20-12-13-32-26-19-6-4-5-7-21(19)29(36)34(25)27(20)26/h4-16H,1-3H3,(H,33,35)/t16-/m0/s1. The molecule has 10 nitrogen and oxygen atoms in total. The Hall–Kier alpha value is -5.51. The van der Waals surface area contributed by atoms with E-state index >= 15 is 0 Å². The predicted molar refractivity (Wildman–Crippen MR) is 153 cm³/mol. The molecule has 6 rings (SSSR count). The van der Waals surface area contributed by atoms with Gasteiger partial charge in [-0.1, -0.05) is 18.2 Å². The van der Waals surface area contributed by atoms with Gasteiger partial charge in [0, 0.05) is 27.7 Å². The fraction of sp³-hybridized carbons (Fsp3) is 0.129. The molecule has 6 aromatic rings. The van der Waals surface area contributed by atoms with Crippen LogP contribution in [0.15, 0.2) is 77.7 Å². The molecule has 0 saturated heterocycles. The summed E-state index contributed by atoms with van der Waals surface area (Å²) in [7, 11) is 2.45. The van der Waals surface area contributed by atoms with E-state index in [1.54, 1.807) is 41.8 Å². The zero-order valence-electron chi connectivity index (χ0n) is 22.3. The highest BCUT2D eigenvalue weighted by Crippen LogP contribution is 2.34. The summed E-state index contributed by atoms with van der Waals surface area (Å²) in [6, 6.07) is 18.6. The lowest BCUT2D eigenvalue weighted by Crippen LogP contribution is -2.31. The van der Waals surface area contributed by atoms with Crippen molar-refractivity contribution in [1.82, 2.24) is 9.38 Å². The van der Waals surface area contributed by atoms with Crippen molar-refractivity contribution >= 4 is 61.6 Å². The number of carbonyl (C=O) groups is 3. The fourth-order valence-corrected chi connectivity index (χ4v) is 5.09. The highest BCUT2D eigenvalue weighted by molar-refractivity contribution is 6.18. The summed E-state index contributed by atoms with van der Waals surface area (Å²) in [5, 5.41) is 5.61. The molecule has 3 aromatic carbocycles. The highest BCUT2D eigenvalue weighted by atomic mass is 16.5. The maximum absolute atomic E-state index is 13.5. The van der Waals surface area contributed by atoms with Gasteiger partial charge in [-0.3, -0.25) is 19.0 Å². The van der Waals surface area contributed by atoms with Gasteiger partial charge in [-0.05, 0) is 55.5 Å². The van der Waals surface area contributed by atoms with Gasteiger partial charge < -0.3 is 19.5 Å². The molecule has 1 N–H and O–H groups in total. The Morgan fingerprint density at radius 2 is 1.61 bits per heavy atom. The molecule has 0 saturated carbocycles.